The Morgan fingerprint density at radius 3 is 3.08 bits per heavy atom. The summed E-state index contributed by atoms with van der Waals surface area (Å²) in [6.07, 6.45) is 1.76. The van der Waals surface area contributed by atoms with Crippen molar-refractivity contribution in [2.75, 3.05) is 7.05 Å². The third-order valence-corrected chi connectivity index (χ3v) is 2.62. The normalized spacial score (nSPS) is 38.1. The Morgan fingerprint density at radius 2 is 2.38 bits per heavy atom. The zero-order chi connectivity index (χ0) is 9.42. The SMILES string of the molecule is CN([O-])OC1CCC2CC1OC2=O. The minimum absolute atomic E-state index is 0.0433. The first kappa shape index (κ1) is 8.93. The Hall–Kier alpha value is -0.650. The maximum Gasteiger partial charge on any atom is 0.309 e. The van der Waals surface area contributed by atoms with Gasteiger partial charge in [0.05, 0.1) is 5.92 Å². The fourth-order valence-corrected chi connectivity index (χ4v) is 2.00. The lowest BCUT2D eigenvalue weighted by atomic mass is 9.88. The highest BCUT2D eigenvalue weighted by Crippen LogP contribution is 2.35. The molecule has 0 amide bonds. The number of esters is 1. The third kappa shape index (κ3) is 1.67. The molecule has 74 valence electrons. The summed E-state index contributed by atoms with van der Waals surface area (Å²) in [6, 6.07) is 0. The molecule has 2 bridgehead atoms. The largest absolute Gasteiger partial charge is 0.762 e. The van der Waals surface area contributed by atoms with Gasteiger partial charge in [-0.2, -0.15) is 0 Å². The molecule has 0 spiro atoms. The molecule has 0 aromatic rings. The van der Waals surface area contributed by atoms with Gasteiger partial charge in [0, 0.05) is 6.42 Å². The van der Waals surface area contributed by atoms with E-state index in [9.17, 15) is 10.0 Å². The van der Waals surface area contributed by atoms with Crippen LogP contribution in [0.3, 0.4) is 0 Å². The number of hydrogen-bond acceptors (Lipinski definition) is 5. The lowest BCUT2D eigenvalue weighted by Gasteiger charge is -2.32. The van der Waals surface area contributed by atoms with Gasteiger partial charge in [0.15, 0.2) is 0 Å². The Bertz CT molecular complexity index is 218. The molecule has 1 heterocycles. The first-order chi connectivity index (χ1) is 6.16. The monoisotopic (exact) mass is 186 g/mol. The number of hydrogen-bond donors (Lipinski definition) is 0. The van der Waals surface area contributed by atoms with Gasteiger partial charge in [0.25, 0.3) is 0 Å². The highest BCUT2D eigenvalue weighted by Gasteiger charge is 2.44. The second-order valence-corrected chi connectivity index (χ2v) is 3.57. The minimum atomic E-state index is -0.245. The van der Waals surface area contributed by atoms with Crippen LogP contribution in [-0.2, 0) is 14.4 Å². The molecule has 3 unspecified atom stereocenters. The summed E-state index contributed by atoms with van der Waals surface area (Å²) in [4.78, 5) is 16.1. The Kier molecular flexibility index (Phi) is 2.23. The van der Waals surface area contributed by atoms with Crippen LogP contribution in [-0.4, -0.2) is 30.5 Å². The van der Waals surface area contributed by atoms with E-state index in [4.69, 9.17) is 9.57 Å². The van der Waals surface area contributed by atoms with E-state index < -0.39 is 0 Å². The van der Waals surface area contributed by atoms with E-state index in [2.05, 4.69) is 0 Å². The minimum Gasteiger partial charge on any atom is -0.762 e. The molecule has 2 aliphatic rings. The Morgan fingerprint density at radius 1 is 1.62 bits per heavy atom. The quantitative estimate of drug-likeness (QED) is 0.462. The highest BCUT2D eigenvalue weighted by atomic mass is 16.9. The molecule has 1 aliphatic carbocycles. The van der Waals surface area contributed by atoms with Gasteiger partial charge in [-0.15, -0.1) is 0 Å². The number of fused-ring (bicyclic) bond motifs is 2. The van der Waals surface area contributed by atoms with E-state index in [0.717, 1.165) is 12.8 Å². The van der Waals surface area contributed by atoms with Crippen molar-refractivity contribution in [3.8, 4) is 0 Å². The molecule has 3 atom stereocenters. The third-order valence-electron chi connectivity index (χ3n) is 2.62. The molecule has 0 N–H and O–H groups in total. The average Bonchev–Trinajstić information content (AvgIpc) is 2.34. The molecule has 1 saturated carbocycles. The molecule has 1 aliphatic heterocycles. The summed E-state index contributed by atoms with van der Waals surface area (Å²) in [6.45, 7) is 0. The van der Waals surface area contributed by atoms with E-state index in [1.54, 1.807) is 0 Å². The summed E-state index contributed by atoms with van der Waals surface area (Å²) in [7, 11) is 1.29. The van der Waals surface area contributed by atoms with Gasteiger partial charge in [-0.25, -0.2) is 0 Å². The molecular weight excluding hydrogens is 174 g/mol. The van der Waals surface area contributed by atoms with Crippen molar-refractivity contribution < 1.29 is 14.4 Å². The van der Waals surface area contributed by atoms with Crippen LogP contribution in [0.5, 0.6) is 0 Å². The van der Waals surface area contributed by atoms with Crippen LogP contribution in [0, 0.1) is 11.1 Å². The van der Waals surface area contributed by atoms with Crippen LogP contribution >= 0.6 is 0 Å². The highest BCUT2D eigenvalue weighted by molar-refractivity contribution is 5.75. The number of carbonyl (C=O) groups excluding carboxylic acids is 1. The molecule has 13 heavy (non-hydrogen) atoms. The summed E-state index contributed by atoms with van der Waals surface area (Å²) in [5.74, 6) is -0.0912. The van der Waals surface area contributed by atoms with Crippen LogP contribution in [0.15, 0.2) is 0 Å². The molecular formula is C8H12NO4-. The summed E-state index contributed by atoms with van der Waals surface area (Å²) >= 11 is 0. The second-order valence-electron chi connectivity index (χ2n) is 3.57. The molecule has 2 fully saturated rings. The molecule has 5 heteroatoms. The van der Waals surface area contributed by atoms with E-state index >= 15 is 0 Å². The zero-order valence-corrected chi connectivity index (χ0v) is 7.43. The van der Waals surface area contributed by atoms with Gasteiger partial charge in [0.2, 0.25) is 0 Å². The van der Waals surface area contributed by atoms with Gasteiger partial charge in [-0.1, -0.05) is 0 Å². The average molecular weight is 186 g/mol. The van der Waals surface area contributed by atoms with Crippen molar-refractivity contribution >= 4 is 5.97 Å². The van der Waals surface area contributed by atoms with Crippen LogP contribution in [0.2, 0.25) is 0 Å². The molecule has 1 saturated heterocycles. The number of rotatable bonds is 2. The lowest BCUT2D eigenvalue weighted by Crippen LogP contribution is -2.35. The molecule has 5 nitrogen and oxygen atoms in total. The number of hydroxylamine groups is 2. The Balaban J connectivity index is 1.97. The fourth-order valence-electron chi connectivity index (χ4n) is 2.00. The van der Waals surface area contributed by atoms with Crippen LogP contribution in [0.25, 0.3) is 0 Å². The fraction of sp³-hybridized carbons (Fsp3) is 0.875. The predicted molar refractivity (Wildman–Crippen MR) is 43.2 cm³/mol. The molecule has 0 radical (unpaired) electrons. The maximum absolute atomic E-state index is 11.1. The van der Waals surface area contributed by atoms with Crippen molar-refractivity contribution in [3.63, 3.8) is 0 Å². The van der Waals surface area contributed by atoms with E-state index in [0.29, 0.717) is 11.6 Å². The van der Waals surface area contributed by atoms with Crippen LogP contribution in [0.1, 0.15) is 19.3 Å². The molecule has 0 aromatic heterocycles. The summed E-state index contributed by atoms with van der Waals surface area (Å²) in [5.41, 5.74) is 0. The predicted octanol–water partition coefficient (Wildman–Crippen LogP) is 0.442. The topological polar surface area (TPSA) is 61.8 Å². The van der Waals surface area contributed by atoms with Crippen molar-refractivity contribution in [2.45, 2.75) is 31.5 Å². The van der Waals surface area contributed by atoms with E-state index in [1.165, 1.54) is 7.05 Å². The Labute approximate surface area is 76.1 Å². The van der Waals surface area contributed by atoms with E-state index in [1.807, 2.05) is 0 Å². The van der Waals surface area contributed by atoms with Gasteiger partial charge in [-0.05, 0) is 19.9 Å². The summed E-state index contributed by atoms with van der Waals surface area (Å²) < 4.78 is 5.07. The number of nitrogens with zero attached hydrogens (tertiary/aromatic N) is 1. The van der Waals surface area contributed by atoms with Crippen molar-refractivity contribution in [3.05, 3.63) is 5.21 Å². The first-order valence-electron chi connectivity index (χ1n) is 4.45. The van der Waals surface area contributed by atoms with Crippen LogP contribution in [0.4, 0.5) is 0 Å². The van der Waals surface area contributed by atoms with Gasteiger partial charge >= 0.3 is 5.97 Å². The van der Waals surface area contributed by atoms with Crippen molar-refractivity contribution in [1.29, 1.82) is 0 Å². The number of carbonyl (C=O) groups is 1. The number of ether oxygens (including phenoxy) is 1. The summed E-state index contributed by atoms with van der Waals surface area (Å²) in [5, 5.41) is 11.1. The first-order valence-corrected chi connectivity index (χ1v) is 4.45. The second kappa shape index (κ2) is 3.25. The van der Waals surface area contributed by atoms with Gasteiger partial charge < -0.3 is 14.8 Å². The van der Waals surface area contributed by atoms with Crippen LogP contribution < -0.4 is 0 Å². The maximum atomic E-state index is 11.1. The van der Waals surface area contributed by atoms with Gasteiger partial charge in [0.1, 0.15) is 12.2 Å². The molecule has 0 aromatic carbocycles. The van der Waals surface area contributed by atoms with Crippen molar-refractivity contribution in [2.24, 2.45) is 5.92 Å². The van der Waals surface area contributed by atoms with E-state index in [-0.39, 0.29) is 24.1 Å². The van der Waals surface area contributed by atoms with Crippen molar-refractivity contribution in [1.82, 2.24) is 5.23 Å². The zero-order valence-electron chi connectivity index (χ0n) is 7.43. The standard InChI is InChI=1S/C8H12NO4/c1-9(11)13-6-3-2-5-4-7(6)12-8(5)10/h5-7H,2-4H2,1H3/q-1. The molecule has 2 rings (SSSR count). The van der Waals surface area contributed by atoms with Gasteiger partial charge in [-0.3, -0.25) is 10.0 Å². The lowest BCUT2D eigenvalue weighted by molar-refractivity contribution is -0.189. The smallest absolute Gasteiger partial charge is 0.309 e.